The minimum absolute atomic E-state index is 0.918. The summed E-state index contributed by atoms with van der Waals surface area (Å²) >= 11 is 0. The molecule has 7 aromatic carbocycles. The molecule has 0 atom stereocenters. The lowest BCUT2D eigenvalue weighted by atomic mass is 10.0. The fraction of sp³-hybridized carbons (Fsp3) is 0.0667. The van der Waals surface area contributed by atoms with Crippen LogP contribution in [0.5, 0.6) is 0 Å². The second-order valence-corrected chi connectivity index (χ2v) is 28.8. The van der Waals surface area contributed by atoms with E-state index in [-0.39, 0.29) is 0 Å². The molecule has 0 aliphatic carbocycles. The van der Waals surface area contributed by atoms with E-state index in [1.807, 2.05) is 269 Å². The molecule has 119 heavy (non-hydrogen) atoms. The quantitative estimate of drug-likeness (QED) is 0.147. The Balaban J connectivity index is 0.000000108. The summed E-state index contributed by atoms with van der Waals surface area (Å²) in [5.74, 6) is 0. The van der Waals surface area contributed by atoms with Gasteiger partial charge in [-0.1, -0.05) is 170 Å². The van der Waals surface area contributed by atoms with Crippen LogP contribution < -0.4 is 0 Å². The van der Waals surface area contributed by atoms with Crippen LogP contribution in [0.4, 0.5) is 0 Å². The molecule has 0 spiro atoms. The molecule has 0 aliphatic rings. The molecule has 21 aromatic rings. The zero-order valence-corrected chi connectivity index (χ0v) is 67.1. The zero-order valence-electron chi connectivity index (χ0n) is 67.1. The van der Waals surface area contributed by atoms with Crippen molar-refractivity contribution in [2.75, 3.05) is 0 Å². The summed E-state index contributed by atoms with van der Waals surface area (Å²) in [6.45, 7) is 14.3. The number of benzene rings is 7. The van der Waals surface area contributed by atoms with Crippen LogP contribution in [0.3, 0.4) is 0 Å². The number of pyridine rings is 14. The first-order valence-corrected chi connectivity index (χ1v) is 39.3. The highest BCUT2D eigenvalue weighted by Gasteiger charge is 2.11. The van der Waals surface area contributed by atoms with Gasteiger partial charge in [0.25, 0.3) is 0 Å². The maximum Gasteiger partial charge on any atom is 0.0893 e. The Hall–Kier alpha value is -15.5. The largest absolute Gasteiger partial charge is 0.256 e. The van der Waals surface area contributed by atoms with Gasteiger partial charge in [0, 0.05) is 152 Å². The van der Waals surface area contributed by atoms with Crippen molar-refractivity contribution in [2.45, 2.75) is 48.5 Å². The molecular formula is C105H84N14. The van der Waals surface area contributed by atoms with Gasteiger partial charge in [-0.3, -0.25) is 64.8 Å². The molecule has 0 unspecified atom stereocenters. The van der Waals surface area contributed by atoms with Crippen LogP contribution in [-0.4, -0.2) is 69.8 Å². The molecule has 0 amide bonds. The molecule has 0 radical (unpaired) electrons. The number of fused-ring (bicyclic) bond motifs is 7. The van der Waals surface area contributed by atoms with Gasteiger partial charge in [-0.2, -0.15) is 0 Å². The number of aryl methyl sites for hydroxylation is 7. The molecule has 0 saturated heterocycles. The van der Waals surface area contributed by atoms with E-state index >= 15 is 0 Å². The fourth-order valence-corrected chi connectivity index (χ4v) is 13.3. The van der Waals surface area contributed by atoms with Gasteiger partial charge >= 0.3 is 0 Å². The van der Waals surface area contributed by atoms with Crippen molar-refractivity contribution in [2.24, 2.45) is 0 Å². The SMILES string of the molecule is Cc1ccc(-c2ccc3ccccc3n2)nc1.Cc1ccc(-c2ccc3cccnc3c2)nc1.Cc1ccc(-c2ccc3ncccc3c2)nc1.Cc1ccc(-c2cccc3ncccc23)nc1.Cc1ccc(-c2cccc3ncccc23)nc1.Cc1ccc(-c2cccc3ncccc23)nc1.Cc1ccc(-c2cnc3ccccc3c2)nc1. The molecule has 14 heterocycles. The summed E-state index contributed by atoms with van der Waals surface area (Å²) in [6, 6.07) is 102. The minimum Gasteiger partial charge on any atom is -0.256 e. The second-order valence-electron chi connectivity index (χ2n) is 28.8. The van der Waals surface area contributed by atoms with Gasteiger partial charge in [0.1, 0.15) is 0 Å². The van der Waals surface area contributed by atoms with Crippen molar-refractivity contribution in [3.05, 3.63) is 423 Å². The van der Waals surface area contributed by atoms with Crippen LogP contribution in [0.15, 0.2) is 384 Å². The molecule has 0 aliphatic heterocycles. The normalized spacial score (nSPS) is 10.6. The molecule has 14 nitrogen and oxygen atoms in total. The van der Waals surface area contributed by atoms with Crippen molar-refractivity contribution in [1.82, 2.24) is 69.8 Å². The van der Waals surface area contributed by atoms with Gasteiger partial charge in [0.15, 0.2) is 0 Å². The molecular weight excluding hydrogens is 1460 g/mol. The topological polar surface area (TPSA) is 180 Å². The fourth-order valence-electron chi connectivity index (χ4n) is 13.3. The van der Waals surface area contributed by atoms with Crippen molar-refractivity contribution in [3.8, 4) is 78.9 Å². The second kappa shape index (κ2) is 38.1. The maximum absolute atomic E-state index is 4.61. The highest BCUT2D eigenvalue weighted by Crippen LogP contribution is 2.31. The Morgan fingerprint density at radius 1 is 0.160 bits per heavy atom. The predicted octanol–water partition coefficient (Wildman–Crippen LogP) is 25.2. The standard InChI is InChI=1S/7C15H12N2/c3*1-11-7-8-15(17-10-11)12-4-2-6-14-13(12)5-3-9-16-14;1-11-4-7-14(17-10-11)13-6-5-12-3-2-8-16-15(12)9-13;1-11-4-6-15(17-10-11)13-5-7-14-12(9-13)3-2-8-16-14;1-11-6-8-14(16-10-11)15-9-7-12-4-2-3-5-13(12)17-15;1-11-6-7-15(16-9-11)13-8-12-4-2-3-5-14(12)17-10-13/h7*2-10H,1H3. The lowest BCUT2D eigenvalue weighted by Crippen LogP contribution is -1.88. The summed E-state index contributed by atoms with van der Waals surface area (Å²) in [4.78, 5) is 61.9. The summed E-state index contributed by atoms with van der Waals surface area (Å²) in [5, 5.41) is 8.04. The molecule has 0 fully saturated rings. The van der Waals surface area contributed by atoms with E-state index in [1.165, 1.54) is 33.4 Å². The molecule has 0 bridgehead atoms. The summed E-state index contributed by atoms with van der Waals surface area (Å²) in [6.07, 6.45) is 24.1. The predicted molar refractivity (Wildman–Crippen MR) is 488 cm³/mol. The minimum atomic E-state index is 0.918. The third-order valence-electron chi connectivity index (χ3n) is 19.7. The summed E-state index contributed by atoms with van der Waals surface area (Å²) in [7, 11) is 0. The van der Waals surface area contributed by atoms with E-state index in [9.17, 15) is 0 Å². The van der Waals surface area contributed by atoms with Crippen LogP contribution in [-0.2, 0) is 0 Å². The number of para-hydroxylation sites is 2. The zero-order chi connectivity index (χ0) is 81.7. The van der Waals surface area contributed by atoms with E-state index in [1.54, 1.807) is 0 Å². The van der Waals surface area contributed by atoms with E-state index in [2.05, 4.69) is 234 Å². The van der Waals surface area contributed by atoms with Gasteiger partial charge in [-0.05, 0) is 221 Å². The maximum atomic E-state index is 4.61. The Kier molecular flexibility index (Phi) is 25.2. The Bertz CT molecular complexity index is 6160. The van der Waals surface area contributed by atoms with Crippen LogP contribution in [0.2, 0.25) is 0 Å². The molecule has 0 saturated carbocycles. The highest BCUT2D eigenvalue weighted by atomic mass is 14.8. The molecule has 14 aromatic heterocycles. The molecule has 574 valence electrons. The lowest BCUT2D eigenvalue weighted by molar-refractivity contribution is 1.24. The van der Waals surface area contributed by atoms with Crippen molar-refractivity contribution in [1.29, 1.82) is 0 Å². The third-order valence-corrected chi connectivity index (χ3v) is 19.7. The molecule has 0 N–H and O–H groups in total. The average Bonchev–Trinajstić information content (AvgIpc) is 0.672. The van der Waals surface area contributed by atoms with Gasteiger partial charge in [0.05, 0.1) is 84.2 Å². The van der Waals surface area contributed by atoms with E-state index in [0.29, 0.717) is 0 Å². The summed E-state index contributed by atoms with van der Waals surface area (Å²) in [5.41, 5.74) is 29.7. The summed E-state index contributed by atoms with van der Waals surface area (Å²) < 4.78 is 0. The lowest BCUT2D eigenvalue weighted by Gasteiger charge is -2.05. The number of aromatic nitrogens is 14. The Morgan fingerprint density at radius 2 is 0.462 bits per heavy atom. The van der Waals surface area contributed by atoms with Crippen molar-refractivity contribution in [3.63, 3.8) is 0 Å². The average molecular weight is 1540 g/mol. The number of hydrogen-bond acceptors (Lipinski definition) is 14. The van der Waals surface area contributed by atoms with E-state index in [0.717, 1.165) is 161 Å². The first-order valence-electron chi connectivity index (χ1n) is 39.3. The van der Waals surface area contributed by atoms with E-state index in [4.69, 9.17) is 0 Å². The first-order chi connectivity index (χ1) is 58.3. The van der Waals surface area contributed by atoms with Gasteiger partial charge in [-0.25, -0.2) is 4.98 Å². The molecule has 21 rings (SSSR count). The van der Waals surface area contributed by atoms with Crippen LogP contribution in [0.1, 0.15) is 38.9 Å². The number of nitrogens with zero attached hydrogens (tertiary/aromatic N) is 14. The van der Waals surface area contributed by atoms with Crippen molar-refractivity contribution < 1.29 is 0 Å². The Labute approximate surface area is 692 Å². The van der Waals surface area contributed by atoms with Crippen LogP contribution in [0.25, 0.3) is 155 Å². The van der Waals surface area contributed by atoms with Gasteiger partial charge in [-0.15, -0.1) is 0 Å². The Morgan fingerprint density at radius 3 is 0.908 bits per heavy atom. The smallest absolute Gasteiger partial charge is 0.0893 e. The highest BCUT2D eigenvalue weighted by molar-refractivity contribution is 5.96. The first kappa shape index (κ1) is 78.7. The number of hydrogen-bond donors (Lipinski definition) is 0. The monoisotopic (exact) mass is 1540 g/mol. The molecule has 14 heteroatoms. The van der Waals surface area contributed by atoms with Crippen LogP contribution in [0, 0.1) is 48.5 Å². The third kappa shape index (κ3) is 20.3. The van der Waals surface area contributed by atoms with Gasteiger partial charge < -0.3 is 0 Å². The van der Waals surface area contributed by atoms with Crippen LogP contribution >= 0.6 is 0 Å². The number of rotatable bonds is 7. The van der Waals surface area contributed by atoms with Crippen molar-refractivity contribution >= 4 is 76.3 Å². The van der Waals surface area contributed by atoms with Gasteiger partial charge in [0.2, 0.25) is 0 Å². The van der Waals surface area contributed by atoms with E-state index < -0.39 is 0 Å².